The molecule has 1 aliphatic rings. The van der Waals surface area contributed by atoms with Crippen LogP contribution >= 0.6 is 11.6 Å². The van der Waals surface area contributed by atoms with E-state index in [1.807, 2.05) is 68.4 Å². The average Bonchev–Trinajstić information content (AvgIpc) is 3.34. The molecule has 5 rings (SSSR count). The van der Waals surface area contributed by atoms with E-state index in [1.165, 1.54) is 0 Å². The minimum absolute atomic E-state index is 0.280. The summed E-state index contributed by atoms with van der Waals surface area (Å²) in [6.45, 7) is 3.88. The van der Waals surface area contributed by atoms with Crippen LogP contribution in [0.15, 0.2) is 83.0 Å². The number of aromatic nitrogens is 2. The number of hydrogen-bond acceptors (Lipinski definition) is 5. The van der Waals surface area contributed by atoms with Crippen molar-refractivity contribution in [2.75, 3.05) is 12.0 Å². The lowest BCUT2D eigenvalue weighted by atomic mass is 9.94. The minimum atomic E-state index is -0.507. The van der Waals surface area contributed by atoms with Crippen molar-refractivity contribution in [1.82, 2.24) is 15.5 Å². The van der Waals surface area contributed by atoms with Crippen LogP contribution in [0.1, 0.15) is 30.0 Å². The summed E-state index contributed by atoms with van der Waals surface area (Å²) in [6, 6.07) is 21.7. The van der Waals surface area contributed by atoms with Crippen LogP contribution in [-0.4, -0.2) is 23.3 Å². The summed E-state index contributed by atoms with van der Waals surface area (Å²) in [5.41, 5.74) is 4.81. The van der Waals surface area contributed by atoms with Gasteiger partial charge in [-0.1, -0.05) is 58.7 Å². The standard InChI is InChI=1S/C27H23ClN4O3/c1-16-6-4-7-19(14-16)25-30-26(35-31-25)23-17(2)32(21-8-5-9-22(15-21)34-3)27(33)29-24(23)18-10-12-20(28)13-11-18/h4-15,24H,1-3H3,(H,29,33). The van der Waals surface area contributed by atoms with Crippen molar-refractivity contribution in [3.05, 3.63) is 101 Å². The van der Waals surface area contributed by atoms with Gasteiger partial charge < -0.3 is 14.6 Å². The topological polar surface area (TPSA) is 80.5 Å². The highest BCUT2D eigenvalue weighted by atomic mass is 35.5. The number of carbonyl (C=O) groups is 1. The second kappa shape index (κ2) is 9.27. The summed E-state index contributed by atoms with van der Waals surface area (Å²) in [5, 5.41) is 7.93. The van der Waals surface area contributed by atoms with Gasteiger partial charge in [0, 0.05) is 22.3 Å². The summed E-state index contributed by atoms with van der Waals surface area (Å²) in [7, 11) is 1.59. The Morgan fingerprint density at radius 3 is 2.54 bits per heavy atom. The Balaban J connectivity index is 1.66. The first-order valence-electron chi connectivity index (χ1n) is 11.1. The molecule has 2 amide bonds. The smallest absolute Gasteiger partial charge is 0.327 e. The number of anilines is 1. The van der Waals surface area contributed by atoms with E-state index >= 15 is 0 Å². The molecule has 0 radical (unpaired) electrons. The molecule has 1 aliphatic heterocycles. The Morgan fingerprint density at radius 2 is 1.80 bits per heavy atom. The number of halogens is 1. The molecule has 4 aromatic rings. The first-order valence-corrected chi connectivity index (χ1v) is 11.4. The summed E-state index contributed by atoms with van der Waals surface area (Å²) in [4.78, 5) is 19.6. The molecule has 0 saturated heterocycles. The molecule has 0 fully saturated rings. The highest BCUT2D eigenvalue weighted by Crippen LogP contribution is 2.39. The molecule has 35 heavy (non-hydrogen) atoms. The lowest BCUT2D eigenvalue weighted by Crippen LogP contribution is -2.46. The van der Waals surface area contributed by atoms with Gasteiger partial charge in [-0.15, -0.1) is 0 Å². The van der Waals surface area contributed by atoms with Crippen molar-refractivity contribution in [2.24, 2.45) is 0 Å². The van der Waals surface area contributed by atoms with Crippen molar-refractivity contribution in [3.8, 4) is 17.1 Å². The van der Waals surface area contributed by atoms with Gasteiger partial charge in [0.1, 0.15) is 5.75 Å². The van der Waals surface area contributed by atoms with Crippen molar-refractivity contribution in [3.63, 3.8) is 0 Å². The molecule has 0 saturated carbocycles. The molecule has 7 nitrogen and oxygen atoms in total. The van der Waals surface area contributed by atoms with Gasteiger partial charge >= 0.3 is 6.03 Å². The second-order valence-corrected chi connectivity index (χ2v) is 8.70. The zero-order valence-electron chi connectivity index (χ0n) is 19.4. The molecule has 1 unspecified atom stereocenters. The Labute approximate surface area is 208 Å². The largest absolute Gasteiger partial charge is 0.497 e. The maximum absolute atomic E-state index is 13.3. The minimum Gasteiger partial charge on any atom is -0.497 e. The molecular formula is C27H23ClN4O3. The van der Waals surface area contributed by atoms with Crippen LogP contribution in [0.25, 0.3) is 17.0 Å². The third kappa shape index (κ3) is 4.38. The van der Waals surface area contributed by atoms with Gasteiger partial charge in [0.2, 0.25) is 5.82 Å². The molecule has 0 spiro atoms. The molecule has 1 atom stereocenters. The number of amides is 2. The quantitative estimate of drug-likeness (QED) is 0.352. The van der Waals surface area contributed by atoms with Crippen LogP contribution in [-0.2, 0) is 0 Å². The van der Waals surface area contributed by atoms with E-state index in [0.717, 1.165) is 16.7 Å². The molecule has 1 aromatic heterocycles. The number of nitrogens with zero attached hydrogens (tertiary/aromatic N) is 3. The summed E-state index contributed by atoms with van der Waals surface area (Å²) < 4.78 is 11.1. The van der Waals surface area contributed by atoms with Crippen LogP contribution in [0.2, 0.25) is 5.02 Å². The fraction of sp³-hybridized carbons (Fsp3) is 0.148. The van der Waals surface area contributed by atoms with Gasteiger partial charge in [-0.25, -0.2) is 4.79 Å². The van der Waals surface area contributed by atoms with E-state index in [-0.39, 0.29) is 6.03 Å². The predicted octanol–water partition coefficient (Wildman–Crippen LogP) is 6.41. The van der Waals surface area contributed by atoms with Gasteiger partial charge in [-0.3, -0.25) is 4.90 Å². The Hall–Kier alpha value is -4.10. The zero-order chi connectivity index (χ0) is 24.5. The summed E-state index contributed by atoms with van der Waals surface area (Å²) in [5.74, 6) is 1.44. The van der Waals surface area contributed by atoms with E-state index in [4.69, 9.17) is 25.8 Å². The first kappa shape index (κ1) is 22.7. The van der Waals surface area contributed by atoms with Gasteiger partial charge in [0.05, 0.1) is 24.4 Å². The van der Waals surface area contributed by atoms with Gasteiger partial charge in [-0.2, -0.15) is 4.98 Å². The van der Waals surface area contributed by atoms with Crippen molar-refractivity contribution in [1.29, 1.82) is 0 Å². The van der Waals surface area contributed by atoms with Crippen LogP contribution in [0.3, 0.4) is 0 Å². The average molecular weight is 487 g/mol. The summed E-state index contributed by atoms with van der Waals surface area (Å²) >= 11 is 6.12. The van der Waals surface area contributed by atoms with E-state index in [9.17, 15) is 4.79 Å². The number of carbonyl (C=O) groups excluding carboxylic acids is 1. The molecular weight excluding hydrogens is 464 g/mol. The first-order chi connectivity index (χ1) is 16.9. The number of allylic oxidation sites excluding steroid dienone is 1. The fourth-order valence-corrected chi connectivity index (χ4v) is 4.35. The lowest BCUT2D eigenvalue weighted by molar-refractivity contribution is 0.244. The van der Waals surface area contributed by atoms with E-state index in [2.05, 4.69) is 10.5 Å². The molecule has 0 bridgehead atoms. The number of aryl methyl sites for hydroxylation is 1. The summed E-state index contributed by atoms with van der Waals surface area (Å²) in [6.07, 6.45) is 0. The van der Waals surface area contributed by atoms with Crippen molar-refractivity contribution in [2.45, 2.75) is 19.9 Å². The number of urea groups is 1. The van der Waals surface area contributed by atoms with Gasteiger partial charge in [0.15, 0.2) is 0 Å². The van der Waals surface area contributed by atoms with E-state index in [0.29, 0.717) is 39.4 Å². The molecule has 8 heteroatoms. The zero-order valence-corrected chi connectivity index (χ0v) is 20.2. The maximum atomic E-state index is 13.3. The SMILES string of the molecule is COc1cccc(N2C(=O)NC(c3ccc(Cl)cc3)C(c3nc(-c4cccc(C)c4)no3)=C2C)c1. The number of benzene rings is 3. The van der Waals surface area contributed by atoms with Gasteiger partial charge in [0.25, 0.3) is 5.89 Å². The monoisotopic (exact) mass is 486 g/mol. The third-order valence-electron chi connectivity index (χ3n) is 5.93. The molecule has 2 heterocycles. The molecule has 176 valence electrons. The Bertz CT molecular complexity index is 1430. The van der Waals surface area contributed by atoms with Gasteiger partial charge in [-0.05, 0) is 49.7 Å². The number of ether oxygens (including phenoxy) is 1. The van der Waals surface area contributed by atoms with Crippen molar-refractivity contribution < 1.29 is 14.1 Å². The number of nitrogens with one attached hydrogen (secondary N) is 1. The van der Waals surface area contributed by atoms with E-state index < -0.39 is 6.04 Å². The number of hydrogen-bond donors (Lipinski definition) is 1. The number of methoxy groups -OCH3 is 1. The molecule has 3 aromatic carbocycles. The van der Waals surface area contributed by atoms with Crippen LogP contribution in [0, 0.1) is 6.92 Å². The maximum Gasteiger partial charge on any atom is 0.327 e. The Kier molecular flexibility index (Phi) is 6.01. The highest BCUT2D eigenvalue weighted by Gasteiger charge is 2.36. The fourth-order valence-electron chi connectivity index (χ4n) is 4.22. The molecule has 1 N–H and O–H groups in total. The second-order valence-electron chi connectivity index (χ2n) is 8.26. The van der Waals surface area contributed by atoms with Crippen LogP contribution < -0.4 is 15.0 Å². The lowest BCUT2D eigenvalue weighted by Gasteiger charge is -2.35. The molecule has 0 aliphatic carbocycles. The number of rotatable bonds is 5. The predicted molar refractivity (Wildman–Crippen MR) is 135 cm³/mol. The van der Waals surface area contributed by atoms with Crippen LogP contribution in [0.5, 0.6) is 5.75 Å². The van der Waals surface area contributed by atoms with Crippen LogP contribution in [0.4, 0.5) is 10.5 Å². The Morgan fingerprint density at radius 1 is 1.03 bits per heavy atom. The van der Waals surface area contributed by atoms with E-state index in [1.54, 1.807) is 30.2 Å². The highest BCUT2D eigenvalue weighted by molar-refractivity contribution is 6.30. The normalized spacial score (nSPS) is 15.8. The van der Waals surface area contributed by atoms with Crippen molar-refractivity contribution >= 4 is 28.9 Å². The third-order valence-corrected chi connectivity index (χ3v) is 6.18.